The summed E-state index contributed by atoms with van der Waals surface area (Å²) in [5, 5.41) is 13.6. The predicted octanol–water partition coefficient (Wildman–Crippen LogP) is 0.0236. The SMILES string of the molecule is C=CC=O.O=[N+]([O-])O. The second kappa shape index (κ2) is 9.15. The summed E-state index contributed by atoms with van der Waals surface area (Å²) in [5.41, 5.74) is 0. The molecule has 0 rings (SSSR count). The van der Waals surface area contributed by atoms with Crippen molar-refractivity contribution in [2.45, 2.75) is 0 Å². The van der Waals surface area contributed by atoms with Gasteiger partial charge in [-0.15, -0.1) is 10.1 Å². The number of rotatable bonds is 1. The summed E-state index contributed by atoms with van der Waals surface area (Å²) in [6.45, 7) is 3.11. The van der Waals surface area contributed by atoms with Crippen LogP contribution >= 0.6 is 0 Å². The fourth-order valence-electron chi connectivity index (χ4n) is 0. The van der Waals surface area contributed by atoms with Gasteiger partial charge in [0.2, 0.25) is 0 Å². The van der Waals surface area contributed by atoms with Gasteiger partial charge in [-0.05, 0) is 6.08 Å². The molecule has 0 atom stereocenters. The first-order chi connectivity index (χ1) is 3.65. The minimum Gasteiger partial charge on any atom is -0.328 e. The van der Waals surface area contributed by atoms with Crippen LogP contribution in [0.25, 0.3) is 0 Å². The summed E-state index contributed by atoms with van der Waals surface area (Å²) < 4.78 is 0. The lowest BCUT2D eigenvalue weighted by Crippen LogP contribution is -1.81. The summed E-state index contributed by atoms with van der Waals surface area (Å²) in [6.07, 6.45) is 1.83. The molecule has 0 bridgehead atoms. The molecule has 0 fully saturated rings. The molecule has 0 amide bonds. The molecule has 0 saturated heterocycles. The minimum atomic E-state index is -1.50. The van der Waals surface area contributed by atoms with E-state index in [1.54, 1.807) is 0 Å². The Balaban J connectivity index is 0. The van der Waals surface area contributed by atoms with Gasteiger partial charge in [-0.1, -0.05) is 6.58 Å². The Morgan fingerprint density at radius 1 is 1.75 bits per heavy atom. The molecule has 0 unspecified atom stereocenters. The third-order valence-corrected chi connectivity index (χ3v) is 0.0962. The van der Waals surface area contributed by atoms with Crippen LogP contribution in [0.15, 0.2) is 12.7 Å². The second-order valence-corrected chi connectivity index (χ2v) is 0.610. The lowest BCUT2D eigenvalue weighted by Gasteiger charge is -1.56. The molecule has 0 aliphatic rings. The first-order valence-corrected chi connectivity index (χ1v) is 1.54. The zero-order chi connectivity index (χ0) is 6.99. The fraction of sp³-hybridized carbons (Fsp3) is 0. The molecular weight excluding hydrogens is 114 g/mol. The van der Waals surface area contributed by atoms with Crippen molar-refractivity contribution in [2.75, 3.05) is 0 Å². The van der Waals surface area contributed by atoms with Crippen molar-refractivity contribution in [3.8, 4) is 0 Å². The Morgan fingerprint density at radius 2 is 1.88 bits per heavy atom. The third-order valence-electron chi connectivity index (χ3n) is 0.0962. The Labute approximate surface area is 45.3 Å². The summed E-state index contributed by atoms with van der Waals surface area (Å²) in [6, 6.07) is 0. The quantitative estimate of drug-likeness (QED) is 0.228. The predicted molar refractivity (Wildman–Crippen MR) is 25.0 cm³/mol. The van der Waals surface area contributed by atoms with Gasteiger partial charge in [-0.25, -0.2) is 0 Å². The lowest BCUT2D eigenvalue weighted by molar-refractivity contribution is -0.742. The van der Waals surface area contributed by atoms with Gasteiger partial charge in [-0.3, -0.25) is 4.79 Å². The molecular formula is C3H5NO4. The number of allylic oxidation sites excluding steroid dienone is 1. The van der Waals surface area contributed by atoms with Crippen LogP contribution in [0.4, 0.5) is 0 Å². The van der Waals surface area contributed by atoms with Crippen LogP contribution in [0, 0.1) is 10.1 Å². The third kappa shape index (κ3) is 395. The highest BCUT2D eigenvalue weighted by atomic mass is 16.9. The Bertz CT molecular complexity index is 79.3. The topological polar surface area (TPSA) is 80.4 Å². The normalized spacial score (nSPS) is 5.50. The van der Waals surface area contributed by atoms with Gasteiger partial charge in [0.05, 0.1) is 0 Å². The first-order valence-electron chi connectivity index (χ1n) is 1.54. The maximum Gasteiger partial charge on any atom is 0.291 e. The van der Waals surface area contributed by atoms with Gasteiger partial charge in [0.15, 0.2) is 0 Å². The number of carbonyl (C=O) groups excluding carboxylic acids is 1. The fourth-order valence-corrected chi connectivity index (χ4v) is 0. The van der Waals surface area contributed by atoms with Gasteiger partial charge in [-0.2, -0.15) is 0 Å². The van der Waals surface area contributed by atoms with Crippen molar-refractivity contribution in [1.82, 2.24) is 0 Å². The number of nitrogens with zero attached hydrogens (tertiary/aromatic N) is 1. The van der Waals surface area contributed by atoms with Crippen LogP contribution in [0.1, 0.15) is 0 Å². The minimum absolute atomic E-state index is 0.639. The van der Waals surface area contributed by atoms with Gasteiger partial charge in [0, 0.05) is 0 Å². The van der Waals surface area contributed by atoms with Gasteiger partial charge in [0.25, 0.3) is 5.09 Å². The molecule has 0 radical (unpaired) electrons. The van der Waals surface area contributed by atoms with E-state index in [0.717, 1.165) is 0 Å². The van der Waals surface area contributed by atoms with Crippen LogP contribution in [0.2, 0.25) is 0 Å². The molecule has 46 valence electrons. The average molecular weight is 119 g/mol. The molecule has 0 heterocycles. The zero-order valence-corrected chi connectivity index (χ0v) is 3.98. The van der Waals surface area contributed by atoms with Crippen molar-refractivity contribution in [3.63, 3.8) is 0 Å². The lowest BCUT2D eigenvalue weighted by atomic mass is 10.8. The van der Waals surface area contributed by atoms with Crippen LogP contribution in [-0.2, 0) is 4.79 Å². The van der Waals surface area contributed by atoms with E-state index in [4.69, 9.17) is 20.1 Å². The van der Waals surface area contributed by atoms with Crippen LogP contribution in [-0.4, -0.2) is 16.6 Å². The highest BCUT2D eigenvalue weighted by molar-refractivity contribution is 5.63. The van der Waals surface area contributed by atoms with E-state index in [2.05, 4.69) is 6.58 Å². The van der Waals surface area contributed by atoms with Crippen molar-refractivity contribution in [3.05, 3.63) is 22.8 Å². The molecule has 0 saturated carbocycles. The molecule has 1 N–H and O–H groups in total. The molecule has 0 spiro atoms. The average Bonchev–Trinajstić information content (AvgIpc) is 1.65. The largest absolute Gasteiger partial charge is 0.328 e. The Kier molecular flexibility index (Phi) is 11.2. The van der Waals surface area contributed by atoms with E-state index in [-0.39, 0.29) is 0 Å². The van der Waals surface area contributed by atoms with Crippen molar-refractivity contribution >= 4 is 6.29 Å². The monoisotopic (exact) mass is 119 g/mol. The molecule has 0 aromatic rings. The van der Waals surface area contributed by atoms with Crippen LogP contribution < -0.4 is 0 Å². The zero-order valence-electron chi connectivity index (χ0n) is 3.98. The summed E-state index contributed by atoms with van der Waals surface area (Å²) >= 11 is 0. The van der Waals surface area contributed by atoms with Crippen molar-refractivity contribution < 1.29 is 15.1 Å². The number of aldehydes is 1. The van der Waals surface area contributed by atoms with E-state index in [1.165, 1.54) is 6.08 Å². The van der Waals surface area contributed by atoms with Crippen molar-refractivity contribution in [1.29, 1.82) is 0 Å². The summed E-state index contributed by atoms with van der Waals surface area (Å²) in [5.74, 6) is 0. The van der Waals surface area contributed by atoms with Crippen molar-refractivity contribution in [2.24, 2.45) is 0 Å². The Morgan fingerprint density at radius 3 is 1.88 bits per heavy atom. The highest BCUT2D eigenvalue weighted by Gasteiger charge is 1.65. The Hall–Kier alpha value is -1.39. The first kappa shape index (κ1) is 9.79. The molecule has 0 aliphatic heterocycles. The van der Waals surface area contributed by atoms with Crippen LogP contribution in [0.5, 0.6) is 0 Å². The van der Waals surface area contributed by atoms with E-state index in [0.29, 0.717) is 6.29 Å². The smallest absolute Gasteiger partial charge is 0.291 e. The number of carbonyl (C=O) groups is 1. The van der Waals surface area contributed by atoms with E-state index in [1.807, 2.05) is 0 Å². The maximum absolute atomic E-state index is 9.06. The number of hydrogen-bond donors (Lipinski definition) is 1. The second-order valence-electron chi connectivity index (χ2n) is 0.610. The van der Waals surface area contributed by atoms with Crippen LogP contribution in [0.3, 0.4) is 0 Å². The molecule has 0 aromatic heterocycles. The highest BCUT2D eigenvalue weighted by Crippen LogP contribution is 1.38. The molecule has 5 heteroatoms. The molecule has 0 aromatic carbocycles. The maximum atomic E-state index is 9.06. The molecule has 8 heavy (non-hydrogen) atoms. The van der Waals surface area contributed by atoms with Gasteiger partial charge in [0.1, 0.15) is 6.29 Å². The standard InChI is InChI=1S/C3H4O.HNO3/c1-2-3-4;2-1(3)4/h2-3H,1H2;(H,2,3,4). The molecule has 0 aliphatic carbocycles. The molecule has 5 nitrogen and oxygen atoms in total. The van der Waals surface area contributed by atoms with E-state index in [9.17, 15) is 0 Å². The number of hydrogen-bond acceptors (Lipinski definition) is 3. The van der Waals surface area contributed by atoms with E-state index >= 15 is 0 Å². The van der Waals surface area contributed by atoms with Gasteiger partial charge < -0.3 is 5.21 Å². The van der Waals surface area contributed by atoms with Gasteiger partial charge >= 0.3 is 0 Å². The van der Waals surface area contributed by atoms with E-state index < -0.39 is 5.09 Å². The summed E-state index contributed by atoms with van der Waals surface area (Å²) in [4.78, 5) is 17.4. The summed E-state index contributed by atoms with van der Waals surface area (Å²) in [7, 11) is 0.